The highest BCUT2D eigenvalue weighted by Gasteiger charge is 2.32. The number of nitrogens with one attached hydrogen (secondary N) is 3. The lowest BCUT2D eigenvalue weighted by Crippen LogP contribution is -2.59. The van der Waals surface area contributed by atoms with E-state index in [0.29, 0.717) is 6.42 Å². The smallest absolute Gasteiger partial charge is 0.326 e. The monoisotopic (exact) mass is 433 g/mol. The van der Waals surface area contributed by atoms with Crippen molar-refractivity contribution < 1.29 is 39.3 Å². The Kier molecular flexibility index (Phi) is 12.2. The summed E-state index contributed by atoms with van der Waals surface area (Å²) in [6.07, 6.45) is -0.0926. The van der Waals surface area contributed by atoms with Crippen LogP contribution in [0.15, 0.2) is 0 Å². The van der Waals surface area contributed by atoms with Gasteiger partial charge in [0.15, 0.2) is 0 Å². The topological polar surface area (TPSA) is 234 Å². The first-order chi connectivity index (χ1) is 14.0. The van der Waals surface area contributed by atoms with Gasteiger partial charge in [0.05, 0.1) is 13.2 Å². The van der Waals surface area contributed by atoms with Gasteiger partial charge in [-0.3, -0.25) is 19.2 Å². The summed E-state index contributed by atoms with van der Waals surface area (Å²) >= 11 is 0. The lowest BCUT2D eigenvalue weighted by atomic mass is 9.97. The number of aliphatic hydroxyl groups excluding tert-OH is 2. The Hall–Kier alpha value is -2.77. The molecule has 13 heteroatoms. The Bertz CT molecular complexity index is 629. The van der Waals surface area contributed by atoms with E-state index in [1.165, 1.54) is 0 Å². The SMILES string of the molecule is CCC(C)C(NC(=O)C(N)CO)C(=O)NC(CO)C(=O)NC(CCC(N)=O)C(=O)O. The average molecular weight is 433 g/mol. The summed E-state index contributed by atoms with van der Waals surface area (Å²) in [6, 6.07) is -5.33. The van der Waals surface area contributed by atoms with Gasteiger partial charge in [0.1, 0.15) is 24.2 Å². The third-order valence-electron chi connectivity index (χ3n) is 4.44. The van der Waals surface area contributed by atoms with Crippen molar-refractivity contribution in [2.24, 2.45) is 17.4 Å². The summed E-state index contributed by atoms with van der Waals surface area (Å²) in [5.41, 5.74) is 10.4. The van der Waals surface area contributed by atoms with Gasteiger partial charge >= 0.3 is 5.97 Å². The molecule has 30 heavy (non-hydrogen) atoms. The minimum atomic E-state index is -1.51. The normalized spacial score (nSPS) is 15.8. The maximum atomic E-state index is 12.6. The second-order valence-electron chi connectivity index (χ2n) is 6.81. The number of carbonyl (C=O) groups excluding carboxylic acids is 4. The minimum Gasteiger partial charge on any atom is -0.480 e. The van der Waals surface area contributed by atoms with E-state index in [0.717, 1.165) is 0 Å². The number of primary amides is 1. The van der Waals surface area contributed by atoms with Crippen LogP contribution in [-0.2, 0) is 24.0 Å². The highest BCUT2D eigenvalue weighted by molar-refractivity contribution is 5.94. The second-order valence-corrected chi connectivity index (χ2v) is 6.81. The van der Waals surface area contributed by atoms with Crippen molar-refractivity contribution in [2.45, 2.75) is 57.3 Å². The van der Waals surface area contributed by atoms with Crippen molar-refractivity contribution in [3.63, 3.8) is 0 Å². The minimum absolute atomic E-state index is 0.271. The summed E-state index contributed by atoms with van der Waals surface area (Å²) in [7, 11) is 0. The van der Waals surface area contributed by atoms with Gasteiger partial charge in [-0.15, -0.1) is 0 Å². The molecule has 0 fully saturated rings. The number of hydrogen-bond acceptors (Lipinski definition) is 8. The molecule has 0 aliphatic rings. The number of rotatable bonds is 14. The molecule has 0 aromatic carbocycles. The van der Waals surface area contributed by atoms with E-state index < -0.39 is 67.0 Å². The summed E-state index contributed by atoms with van der Waals surface area (Å²) < 4.78 is 0. The highest BCUT2D eigenvalue weighted by atomic mass is 16.4. The number of hydrogen-bond donors (Lipinski definition) is 8. The van der Waals surface area contributed by atoms with Crippen LogP contribution in [0.4, 0.5) is 0 Å². The van der Waals surface area contributed by atoms with Crippen LogP contribution in [0.3, 0.4) is 0 Å². The molecule has 0 radical (unpaired) electrons. The number of aliphatic carboxylic acids is 1. The Labute approximate surface area is 173 Å². The lowest BCUT2D eigenvalue weighted by molar-refractivity contribution is -0.143. The molecule has 13 nitrogen and oxygen atoms in total. The molecule has 0 aromatic heterocycles. The van der Waals surface area contributed by atoms with E-state index in [4.69, 9.17) is 21.7 Å². The fourth-order valence-electron chi connectivity index (χ4n) is 2.32. The van der Waals surface area contributed by atoms with Crippen LogP contribution >= 0.6 is 0 Å². The molecule has 5 atom stereocenters. The molecular weight excluding hydrogens is 402 g/mol. The van der Waals surface area contributed by atoms with Gasteiger partial charge in [0.2, 0.25) is 23.6 Å². The second kappa shape index (κ2) is 13.5. The number of carbonyl (C=O) groups is 5. The first-order valence-electron chi connectivity index (χ1n) is 9.37. The van der Waals surface area contributed by atoms with Crippen molar-refractivity contribution in [1.82, 2.24) is 16.0 Å². The van der Waals surface area contributed by atoms with Gasteiger partial charge in [-0.25, -0.2) is 4.79 Å². The van der Waals surface area contributed by atoms with Crippen LogP contribution in [-0.4, -0.2) is 82.3 Å². The zero-order valence-corrected chi connectivity index (χ0v) is 17.0. The standard InChI is InChI=1S/C17H31N5O8/c1-3-8(2)13(22-14(26)9(18)6-23)16(28)21-11(7-24)15(27)20-10(17(29)30)4-5-12(19)25/h8-11,13,23-24H,3-7,18H2,1-2H3,(H2,19,25)(H,20,27)(H,21,28)(H,22,26)(H,29,30). The van der Waals surface area contributed by atoms with Crippen LogP contribution in [0.25, 0.3) is 0 Å². The van der Waals surface area contributed by atoms with Crippen LogP contribution in [0, 0.1) is 5.92 Å². The van der Waals surface area contributed by atoms with Gasteiger partial charge in [-0.1, -0.05) is 20.3 Å². The van der Waals surface area contributed by atoms with Crippen LogP contribution in [0.1, 0.15) is 33.1 Å². The van der Waals surface area contributed by atoms with Crippen LogP contribution in [0.2, 0.25) is 0 Å². The third kappa shape index (κ3) is 9.15. The lowest BCUT2D eigenvalue weighted by Gasteiger charge is -2.27. The molecule has 0 heterocycles. The summed E-state index contributed by atoms with van der Waals surface area (Å²) in [5, 5.41) is 34.3. The van der Waals surface area contributed by atoms with Crippen LogP contribution < -0.4 is 27.4 Å². The zero-order chi connectivity index (χ0) is 23.4. The molecule has 0 aromatic rings. The summed E-state index contributed by atoms with van der Waals surface area (Å²) in [4.78, 5) is 58.9. The molecule has 0 saturated heterocycles. The molecule has 0 aliphatic heterocycles. The fourth-order valence-corrected chi connectivity index (χ4v) is 2.32. The predicted molar refractivity (Wildman–Crippen MR) is 103 cm³/mol. The average Bonchev–Trinajstić information content (AvgIpc) is 2.70. The van der Waals surface area contributed by atoms with Gasteiger partial charge in [-0.2, -0.15) is 0 Å². The fraction of sp³-hybridized carbons (Fsp3) is 0.706. The van der Waals surface area contributed by atoms with Gasteiger partial charge in [0.25, 0.3) is 0 Å². The van der Waals surface area contributed by atoms with Gasteiger partial charge < -0.3 is 42.7 Å². The van der Waals surface area contributed by atoms with Crippen molar-refractivity contribution >= 4 is 29.6 Å². The third-order valence-corrected chi connectivity index (χ3v) is 4.44. The number of nitrogens with two attached hydrogens (primary N) is 2. The molecule has 5 unspecified atom stereocenters. The molecule has 0 spiro atoms. The molecule has 0 saturated carbocycles. The van der Waals surface area contributed by atoms with Gasteiger partial charge in [0, 0.05) is 6.42 Å². The number of carboxylic acids is 1. The number of aliphatic hydroxyl groups is 2. The highest BCUT2D eigenvalue weighted by Crippen LogP contribution is 2.09. The van der Waals surface area contributed by atoms with Crippen molar-refractivity contribution in [3.05, 3.63) is 0 Å². The molecule has 4 amide bonds. The van der Waals surface area contributed by atoms with E-state index in [1.807, 2.05) is 0 Å². The van der Waals surface area contributed by atoms with E-state index in [2.05, 4.69) is 16.0 Å². The summed E-state index contributed by atoms with van der Waals surface area (Å²) in [6.45, 7) is 1.93. The van der Waals surface area contributed by atoms with E-state index in [-0.39, 0.29) is 18.8 Å². The number of amides is 4. The molecule has 0 aliphatic carbocycles. The Morgan fingerprint density at radius 3 is 1.90 bits per heavy atom. The zero-order valence-electron chi connectivity index (χ0n) is 17.0. The van der Waals surface area contributed by atoms with E-state index in [9.17, 15) is 29.1 Å². The largest absolute Gasteiger partial charge is 0.480 e. The molecule has 0 rings (SSSR count). The van der Waals surface area contributed by atoms with Crippen LogP contribution in [0.5, 0.6) is 0 Å². The first-order valence-corrected chi connectivity index (χ1v) is 9.37. The van der Waals surface area contributed by atoms with E-state index >= 15 is 0 Å². The van der Waals surface area contributed by atoms with Crippen molar-refractivity contribution in [1.29, 1.82) is 0 Å². The molecule has 172 valence electrons. The Morgan fingerprint density at radius 2 is 1.47 bits per heavy atom. The maximum absolute atomic E-state index is 12.6. The maximum Gasteiger partial charge on any atom is 0.326 e. The summed E-state index contributed by atoms with van der Waals surface area (Å²) in [5.74, 6) is -5.14. The first kappa shape index (κ1) is 27.2. The molecular formula is C17H31N5O8. The number of carboxylic acid groups (broad SMARTS) is 1. The predicted octanol–water partition coefficient (Wildman–Crippen LogP) is -3.85. The molecule has 0 bridgehead atoms. The van der Waals surface area contributed by atoms with Crippen molar-refractivity contribution in [2.75, 3.05) is 13.2 Å². The Balaban J connectivity index is 5.23. The quantitative estimate of drug-likeness (QED) is 0.134. The molecule has 10 N–H and O–H groups in total. The van der Waals surface area contributed by atoms with E-state index in [1.54, 1.807) is 13.8 Å². The van der Waals surface area contributed by atoms with Gasteiger partial charge in [-0.05, 0) is 12.3 Å². The Morgan fingerprint density at radius 1 is 0.900 bits per heavy atom. The van der Waals surface area contributed by atoms with Crippen molar-refractivity contribution in [3.8, 4) is 0 Å².